The predicted octanol–water partition coefficient (Wildman–Crippen LogP) is 4.70. The Morgan fingerprint density at radius 3 is 2.22 bits per heavy atom. The van der Waals surface area contributed by atoms with E-state index in [1.807, 2.05) is 66.7 Å². The van der Waals surface area contributed by atoms with Gasteiger partial charge in [-0.15, -0.1) is 0 Å². The van der Waals surface area contributed by atoms with Crippen molar-refractivity contribution in [3.8, 4) is 11.1 Å². The van der Waals surface area contributed by atoms with Gasteiger partial charge in [0.1, 0.15) is 0 Å². The Morgan fingerprint density at radius 2 is 1.56 bits per heavy atom. The topological polar surface area (TPSA) is 63.7 Å². The second kappa shape index (κ2) is 9.60. The van der Waals surface area contributed by atoms with Gasteiger partial charge in [0.25, 0.3) is 0 Å². The number of carbonyl (C=O) groups excluding carboxylic acids is 3. The number of ether oxygens (including phenoxy) is 1. The third-order valence-corrected chi connectivity index (χ3v) is 5.77. The van der Waals surface area contributed by atoms with Crippen LogP contribution >= 0.6 is 0 Å². The molecule has 1 fully saturated rings. The van der Waals surface area contributed by atoms with Crippen LogP contribution in [-0.4, -0.2) is 30.8 Å². The number of ketones is 1. The zero-order valence-corrected chi connectivity index (χ0v) is 18.0. The molecule has 3 aromatic rings. The van der Waals surface area contributed by atoms with Gasteiger partial charge < -0.3 is 9.64 Å². The first-order valence-corrected chi connectivity index (χ1v) is 10.8. The molecule has 32 heavy (non-hydrogen) atoms. The van der Waals surface area contributed by atoms with E-state index >= 15 is 0 Å². The quantitative estimate of drug-likeness (QED) is 0.405. The molecular formula is C27H25NO4. The van der Waals surface area contributed by atoms with Crippen LogP contribution < -0.4 is 4.90 Å². The number of Topliss-reactive ketones (excluding diaryl/α,β-unsaturated/α-hetero) is 1. The molecule has 1 saturated heterocycles. The van der Waals surface area contributed by atoms with E-state index in [9.17, 15) is 14.4 Å². The number of esters is 1. The normalized spacial score (nSPS) is 15.6. The Bertz CT molecular complexity index is 1100. The number of aryl methyl sites for hydroxylation is 1. The van der Waals surface area contributed by atoms with Crippen LogP contribution in [0.15, 0.2) is 78.9 Å². The van der Waals surface area contributed by atoms with Gasteiger partial charge in [-0.3, -0.25) is 14.4 Å². The van der Waals surface area contributed by atoms with Crippen molar-refractivity contribution in [2.45, 2.75) is 19.8 Å². The Balaban J connectivity index is 1.32. The van der Waals surface area contributed by atoms with Crippen molar-refractivity contribution in [1.29, 1.82) is 0 Å². The van der Waals surface area contributed by atoms with Crippen molar-refractivity contribution in [2.75, 3.05) is 18.1 Å². The van der Waals surface area contributed by atoms with Crippen molar-refractivity contribution in [3.63, 3.8) is 0 Å². The van der Waals surface area contributed by atoms with Gasteiger partial charge >= 0.3 is 5.97 Å². The van der Waals surface area contributed by atoms with Crippen molar-refractivity contribution in [2.24, 2.45) is 5.92 Å². The first-order chi connectivity index (χ1) is 15.5. The summed E-state index contributed by atoms with van der Waals surface area (Å²) in [6.07, 6.45) is 1.01. The molecule has 1 heterocycles. The summed E-state index contributed by atoms with van der Waals surface area (Å²) >= 11 is 0. The van der Waals surface area contributed by atoms with Gasteiger partial charge in [-0.2, -0.15) is 0 Å². The van der Waals surface area contributed by atoms with E-state index < -0.39 is 11.9 Å². The summed E-state index contributed by atoms with van der Waals surface area (Å²) in [6.45, 7) is 2.00. The van der Waals surface area contributed by atoms with E-state index in [0.29, 0.717) is 5.56 Å². The maximum absolute atomic E-state index is 12.5. The zero-order chi connectivity index (χ0) is 22.5. The third-order valence-electron chi connectivity index (χ3n) is 5.77. The maximum atomic E-state index is 12.5. The van der Waals surface area contributed by atoms with E-state index in [0.717, 1.165) is 23.2 Å². The summed E-state index contributed by atoms with van der Waals surface area (Å²) in [5, 5.41) is 0. The Morgan fingerprint density at radius 1 is 0.906 bits per heavy atom. The molecule has 0 aliphatic carbocycles. The van der Waals surface area contributed by atoms with E-state index in [2.05, 4.69) is 6.92 Å². The smallest absolute Gasteiger partial charge is 0.311 e. The molecule has 1 atom stereocenters. The standard InChI is InChI=1S/C27H25NO4/c1-2-19-8-14-24(15-9-19)28-17-23(16-26(28)30)27(31)32-18-25(29)22-12-10-21(11-13-22)20-6-4-3-5-7-20/h3-15,23H,2,16-18H2,1H3/t23-/m1/s1. The fourth-order valence-corrected chi connectivity index (χ4v) is 3.84. The second-order valence-corrected chi connectivity index (χ2v) is 7.90. The summed E-state index contributed by atoms with van der Waals surface area (Å²) in [5.41, 5.74) is 4.52. The van der Waals surface area contributed by atoms with Gasteiger partial charge in [0.05, 0.1) is 5.92 Å². The van der Waals surface area contributed by atoms with Crippen LogP contribution in [0.3, 0.4) is 0 Å². The predicted molar refractivity (Wildman–Crippen MR) is 123 cm³/mol. The highest BCUT2D eigenvalue weighted by molar-refractivity contribution is 6.01. The maximum Gasteiger partial charge on any atom is 0.311 e. The molecule has 0 N–H and O–H groups in total. The minimum Gasteiger partial charge on any atom is -0.457 e. The largest absolute Gasteiger partial charge is 0.457 e. The Hall–Kier alpha value is -3.73. The third kappa shape index (κ3) is 4.78. The molecular weight excluding hydrogens is 402 g/mol. The molecule has 0 radical (unpaired) electrons. The van der Waals surface area contributed by atoms with E-state index in [-0.39, 0.29) is 31.3 Å². The summed E-state index contributed by atoms with van der Waals surface area (Å²) in [5.74, 6) is -1.46. The first kappa shape index (κ1) is 21.5. The van der Waals surface area contributed by atoms with Crippen LogP contribution in [-0.2, 0) is 20.7 Å². The lowest BCUT2D eigenvalue weighted by Crippen LogP contribution is -2.27. The number of anilines is 1. The summed E-state index contributed by atoms with van der Waals surface area (Å²) in [4.78, 5) is 39.0. The minimum atomic E-state index is -0.568. The van der Waals surface area contributed by atoms with Crippen LogP contribution in [0.1, 0.15) is 29.3 Å². The fraction of sp³-hybridized carbons (Fsp3) is 0.222. The van der Waals surface area contributed by atoms with Crippen molar-refractivity contribution in [3.05, 3.63) is 90.0 Å². The van der Waals surface area contributed by atoms with Crippen LogP contribution in [0.4, 0.5) is 5.69 Å². The van der Waals surface area contributed by atoms with Crippen molar-refractivity contribution >= 4 is 23.3 Å². The highest BCUT2D eigenvalue weighted by Crippen LogP contribution is 2.26. The molecule has 3 aromatic carbocycles. The second-order valence-electron chi connectivity index (χ2n) is 7.90. The first-order valence-electron chi connectivity index (χ1n) is 10.8. The van der Waals surface area contributed by atoms with Crippen LogP contribution in [0.5, 0.6) is 0 Å². The van der Waals surface area contributed by atoms with Crippen molar-refractivity contribution < 1.29 is 19.1 Å². The van der Waals surface area contributed by atoms with Gasteiger partial charge in [-0.1, -0.05) is 73.7 Å². The number of carbonyl (C=O) groups is 3. The molecule has 0 spiro atoms. The molecule has 0 saturated carbocycles. The number of hydrogen-bond donors (Lipinski definition) is 0. The monoisotopic (exact) mass is 427 g/mol. The number of nitrogens with zero attached hydrogens (tertiary/aromatic N) is 1. The van der Waals surface area contributed by atoms with Gasteiger partial charge in [-0.25, -0.2) is 0 Å². The molecule has 4 rings (SSSR count). The van der Waals surface area contributed by atoms with Crippen LogP contribution in [0.25, 0.3) is 11.1 Å². The molecule has 1 aliphatic heterocycles. The number of hydrogen-bond acceptors (Lipinski definition) is 4. The number of amides is 1. The van der Waals surface area contributed by atoms with E-state index in [4.69, 9.17) is 4.74 Å². The Labute approximate surface area is 187 Å². The summed E-state index contributed by atoms with van der Waals surface area (Å²) < 4.78 is 5.26. The van der Waals surface area contributed by atoms with E-state index in [1.54, 1.807) is 17.0 Å². The Kier molecular flexibility index (Phi) is 6.45. The van der Waals surface area contributed by atoms with Crippen LogP contribution in [0.2, 0.25) is 0 Å². The molecule has 0 bridgehead atoms. The van der Waals surface area contributed by atoms with Gasteiger partial charge in [0, 0.05) is 24.2 Å². The number of benzene rings is 3. The average molecular weight is 428 g/mol. The highest BCUT2D eigenvalue weighted by Gasteiger charge is 2.36. The summed E-state index contributed by atoms with van der Waals surface area (Å²) in [7, 11) is 0. The lowest BCUT2D eigenvalue weighted by atomic mass is 10.0. The van der Waals surface area contributed by atoms with Gasteiger partial charge in [0.15, 0.2) is 12.4 Å². The molecule has 5 heteroatoms. The SMILES string of the molecule is CCc1ccc(N2C[C@H](C(=O)OCC(=O)c3ccc(-c4ccccc4)cc3)CC2=O)cc1. The highest BCUT2D eigenvalue weighted by atomic mass is 16.5. The zero-order valence-electron chi connectivity index (χ0n) is 18.0. The fourth-order valence-electron chi connectivity index (χ4n) is 3.84. The van der Waals surface area contributed by atoms with Gasteiger partial charge in [-0.05, 0) is 35.2 Å². The minimum absolute atomic E-state index is 0.0916. The molecule has 0 aromatic heterocycles. The van der Waals surface area contributed by atoms with Crippen LogP contribution in [0, 0.1) is 5.92 Å². The van der Waals surface area contributed by atoms with Crippen molar-refractivity contribution in [1.82, 2.24) is 0 Å². The molecule has 0 unspecified atom stereocenters. The number of rotatable bonds is 7. The lowest BCUT2D eigenvalue weighted by molar-refractivity contribution is -0.147. The lowest BCUT2D eigenvalue weighted by Gasteiger charge is -2.17. The van der Waals surface area contributed by atoms with Gasteiger partial charge in [0.2, 0.25) is 5.91 Å². The van der Waals surface area contributed by atoms with E-state index in [1.165, 1.54) is 5.56 Å². The molecule has 1 aliphatic rings. The molecule has 5 nitrogen and oxygen atoms in total. The molecule has 1 amide bonds. The summed E-state index contributed by atoms with van der Waals surface area (Å²) in [6, 6.07) is 24.9. The average Bonchev–Trinajstić information content (AvgIpc) is 3.24. The molecule has 162 valence electrons.